The summed E-state index contributed by atoms with van der Waals surface area (Å²) in [7, 11) is 2.57. The number of methoxy groups -OCH3 is 2. The van der Waals surface area contributed by atoms with Crippen LogP contribution >= 0.6 is 0 Å². The molecule has 31 heavy (non-hydrogen) atoms. The van der Waals surface area contributed by atoms with Gasteiger partial charge in [-0.25, -0.2) is 9.59 Å². The first-order valence-corrected chi connectivity index (χ1v) is 10.8. The quantitative estimate of drug-likeness (QED) is 0.503. The predicted molar refractivity (Wildman–Crippen MR) is 119 cm³/mol. The minimum atomic E-state index is -0.793. The highest BCUT2D eigenvalue weighted by atomic mass is 16.5. The first-order chi connectivity index (χ1) is 14.0. The van der Waals surface area contributed by atoms with E-state index in [-0.39, 0.29) is 24.2 Å². The second kappa shape index (κ2) is 12.1. The van der Waals surface area contributed by atoms with Crippen LogP contribution in [0.15, 0.2) is 0 Å². The fraction of sp³-hybridized carbons (Fsp3) is 0.826. The number of hydrogen-bond donors (Lipinski definition) is 2. The lowest BCUT2D eigenvalue weighted by Crippen LogP contribution is -2.51. The molecule has 0 aliphatic rings. The molecule has 3 atom stereocenters. The van der Waals surface area contributed by atoms with Crippen LogP contribution in [0.5, 0.6) is 0 Å². The van der Waals surface area contributed by atoms with Crippen molar-refractivity contribution in [1.29, 1.82) is 0 Å². The Hall–Kier alpha value is -2.12. The predicted octanol–water partition coefficient (Wildman–Crippen LogP) is 2.84. The van der Waals surface area contributed by atoms with Gasteiger partial charge in [0.2, 0.25) is 11.8 Å². The van der Waals surface area contributed by atoms with Gasteiger partial charge >= 0.3 is 11.9 Å². The third-order valence-corrected chi connectivity index (χ3v) is 5.04. The van der Waals surface area contributed by atoms with Crippen molar-refractivity contribution >= 4 is 23.8 Å². The molecule has 180 valence electrons. The number of amides is 2. The lowest BCUT2D eigenvalue weighted by Gasteiger charge is -2.31. The van der Waals surface area contributed by atoms with E-state index < -0.39 is 40.8 Å². The second-order valence-corrected chi connectivity index (χ2v) is 10.6. The molecule has 0 aromatic carbocycles. The van der Waals surface area contributed by atoms with Crippen molar-refractivity contribution < 1.29 is 28.7 Å². The summed E-state index contributed by atoms with van der Waals surface area (Å²) < 4.78 is 9.65. The monoisotopic (exact) mass is 442 g/mol. The summed E-state index contributed by atoms with van der Waals surface area (Å²) in [6.07, 6.45) is 0.940. The van der Waals surface area contributed by atoms with Gasteiger partial charge in [-0.05, 0) is 29.6 Å². The first-order valence-electron chi connectivity index (χ1n) is 10.8. The van der Waals surface area contributed by atoms with Gasteiger partial charge in [0.05, 0.1) is 14.2 Å². The molecule has 0 radical (unpaired) electrons. The van der Waals surface area contributed by atoms with Gasteiger partial charge in [-0.2, -0.15) is 0 Å². The van der Waals surface area contributed by atoms with Gasteiger partial charge in [0.15, 0.2) is 0 Å². The van der Waals surface area contributed by atoms with Gasteiger partial charge < -0.3 is 20.1 Å². The van der Waals surface area contributed by atoms with Gasteiger partial charge in [-0.3, -0.25) is 9.59 Å². The molecule has 0 heterocycles. The maximum atomic E-state index is 13.0. The Labute approximate surface area is 187 Å². The van der Waals surface area contributed by atoms with E-state index in [1.165, 1.54) is 14.2 Å². The summed E-state index contributed by atoms with van der Waals surface area (Å²) in [4.78, 5) is 49.7. The normalized spacial score (nSPS) is 14.9. The van der Waals surface area contributed by atoms with Gasteiger partial charge in [-0.1, -0.05) is 55.4 Å². The van der Waals surface area contributed by atoms with Gasteiger partial charge in [0.1, 0.15) is 12.1 Å². The Kier molecular flexibility index (Phi) is 11.2. The standard InChI is InChI=1S/C23H42N2O6/c1-14(2)13-15(19(27)25-18(21(29)31-10)23(6,7)8)11-12-16(26)24-17(20(28)30-9)22(3,4)5/h14-15,17-18H,11-13H2,1-10H3,(H,24,26)(H,25,27)/t15-,17+,18+/m0/s1. The average molecular weight is 443 g/mol. The molecule has 0 saturated carbocycles. The average Bonchev–Trinajstić information content (AvgIpc) is 2.63. The molecule has 0 aromatic heterocycles. The zero-order valence-electron chi connectivity index (χ0n) is 20.9. The number of esters is 2. The van der Waals surface area contributed by atoms with E-state index in [1.54, 1.807) is 0 Å². The van der Waals surface area contributed by atoms with Gasteiger partial charge in [-0.15, -0.1) is 0 Å². The number of ether oxygens (including phenoxy) is 2. The molecule has 0 unspecified atom stereocenters. The van der Waals surface area contributed by atoms with Crippen LogP contribution in [0.4, 0.5) is 0 Å². The minimum Gasteiger partial charge on any atom is -0.467 e. The number of hydrogen-bond acceptors (Lipinski definition) is 6. The molecule has 8 heteroatoms. The largest absolute Gasteiger partial charge is 0.467 e. The van der Waals surface area contributed by atoms with Gasteiger partial charge in [0, 0.05) is 12.3 Å². The zero-order chi connectivity index (χ0) is 24.6. The third kappa shape index (κ3) is 10.2. The summed E-state index contributed by atoms with van der Waals surface area (Å²) >= 11 is 0. The van der Waals surface area contributed by atoms with E-state index in [2.05, 4.69) is 10.6 Å². The molecule has 0 fully saturated rings. The third-order valence-electron chi connectivity index (χ3n) is 5.04. The number of carbonyl (C=O) groups is 4. The maximum absolute atomic E-state index is 13.0. The molecule has 0 aliphatic carbocycles. The zero-order valence-corrected chi connectivity index (χ0v) is 20.9. The van der Waals surface area contributed by atoms with Crippen molar-refractivity contribution in [2.45, 2.75) is 86.7 Å². The van der Waals surface area contributed by atoms with Crippen molar-refractivity contribution in [3.8, 4) is 0 Å². The molecule has 0 bridgehead atoms. The lowest BCUT2D eigenvalue weighted by molar-refractivity contribution is -0.149. The second-order valence-electron chi connectivity index (χ2n) is 10.6. The summed E-state index contributed by atoms with van der Waals surface area (Å²) in [5.74, 6) is -1.86. The van der Waals surface area contributed by atoms with Crippen molar-refractivity contribution in [3.63, 3.8) is 0 Å². The minimum absolute atomic E-state index is 0.0762. The maximum Gasteiger partial charge on any atom is 0.328 e. The highest BCUT2D eigenvalue weighted by molar-refractivity contribution is 5.87. The van der Waals surface area contributed by atoms with E-state index in [0.717, 1.165) is 0 Å². The van der Waals surface area contributed by atoms with Crippen molar-refractivity contribution in [3.05, 3.63) is 0 Å². The van der Waals surface area contributed by atoms with Crippen molar-refractivity contribution in [2.24, 2.45) is 22.7 Å². The highest BCUT2D eigenvalue weighted by Gasteiger charge is 2.36. The number of rotatable bonds is 10. The number of nitrogens with one attached hydrogen (secondary N) is 2. The Bertz CT molecular complexity index is 631. The van der Waals surface area contributed by atoms with Crippen LogP contribution in [0.3, 0.4) is 0 Å². The topological polar surface area (TPSA) is 111 Å². The Morgan fingerprint density at radius 1 is 0.774 bits per heavy atom. The Morgan fingerprint density at radius 3 is 1.55 bits per heavy atom. The van der Waals surface area contributed by atoms with Gasteiger partial charge in [0.25, 0.3) is 0 Å². The highest BCUT2D eigenvalue weighted by Crippen LogP contribution is 2.24. The molecule has 8 nitrogen and oxygen atoms in total. The summed E-state index contributed by atoms with van der Waals surface area (Å²) in [6.45, 7) is 15.0. The number of carbonyl (C=O) groups excluding carboxylic acids is 4. The van der Waals surface area contributed by atoms with Crippen LogP contribution < -0.4 is 10.6 Å². The van der Waals surface area contributed by atoms with E-state index in [4.69, 9.17) is 9.47 Å². The van der Waals surface area contributed by atoms with Crippen LogP contribution in [0, 0.1) is 22.7 Å². The van der Waals surface area contributed by atoms with Crippen LogP contribution in [0.2, 0.25) is 0 Å². The fourth-order valence-corrected chi connectivity index (χ4v) is 3.22. The molecular formula is C23H42N2O6. The van der Waals surface area contributed by atoms with Crippen molar-refractivity contribution in [2.75, 3.05) is 14.2 Å². The Balaban J connectivity index is 5.29. The molecule has 2 N–H and O–H groups in total. The van der Waals surface area contributed by atoms with Crippen LogP contribution in [-0.2, 0) is 28.7 Å². The molecule has 2 amide bonds. The summed E-state index contributed by atoms with van der Waals surface area (Å²) in [5.41, 5.74) is -1.04. The molecule has 0 spiro atoms. The summed E-state index contributed by atoms with van der Waals surface area (Å²) in [6, 6.07) is -1.58. The van der Waals surface area contributed by atoms with Crippen LogP contribution in [0.25, 0.3) is 0 Å². The van der Waals surface area contributed by atoms with Crippen molar-refractivity contribution in [1.82, 2.24) is 10.6 Å². The molecule has 0 rings (SSSR count). The van der Waals surface area contributed by atoms with E-state index >= 15 is 0 Å². The van der Waals surface area contributed by atoms with E-state index in [9.17, 15) is 19.2 Å². The molecule has 0 saturated heterocycles. The van der Waals surface area contributed by atoms with E-state index in [1.807, 2.05) is 55.4 Å². The van der Waals surface area contributed by atoms with Crippen LogP contribution in [0.1, 0.15) is 74.7 Å². The smallest absolute Gasteiger partial charge is 0.328 e. The first kappa shape index (κ1) is 28.9. The van der Waals surface area contributed by atoms with Crippen LogP contribution in [-0.4, -0.2) is 50.1 Å². The fourth-order valence-electron chi connectivity index (χ4n) is 3.22. The molecule has 0 aromatic rings. The SMILES string of the molecule is COC(=O)[C@@H](NC(=O)CC[C@@H](CC(C)C)C(=O)N[C@H](C(=O)OC)C(C)(C)C)C(C)(C)C. The molecular weight excluding hydrogens is 400 g/mol. The molecule has 0 aliphatic heterocycles. The summed E-state index contributed by atoms with van der Waals surface area (Å²) in [5, 5.41) is 5.54. The lowest BCUT2D eigenvalue weighted by atomic mass is 9.85. The van der Waals surface area contributed by atoms with E-state index in [0.29, 0.717) is 12.8 Å². The Morgan fingerprint density at radius 2 is 1.19 bits per heavy atom.